The van der Waals surface area contributed by atoms with Crippen molar-refractivity contribution in [2.45, 2.75) is 12.8 Å². The van der Waals surface area contributed by atoms with Gasteiger partial charge in [0.05, 0.1) is 19.5 Å². The minimum Gasteiger partial charge on any atom is -0.497 e. The van der Waals surface area contributed by atoms with Crippen LogP contribution in [0.25, 0.3) is 0 Å². The van der Waals surface area contributed by atoms with Crippen LogP contribution in [0.15, 0.2) is 18.2 Å². The molecule has 0 saturated carbocycles. The van der Waals surface area contributed by atoms with Gasteiger partial charge in [0.1, 0.15) is 5.75 Å². The third-order valence-electron chi connectivity index (χ3n) is 3.39. The van der Waals surface area contributed by atoms with E-state index in [2.05, 4.69) is 0 Å². The van der Waals surface area contributed by atoms with Crippen LogP contribution in [0.5, 0.6) is 11.5 Å². The molecule has 1 aromatic rings. The fourth-order valence-corrected chi connectivity index (χ4v) is 2.16. The fraction of sp³-hybridized carbons (Fsp3) is 0.538. The van der Waals surface area contributed by atoms with Crippen LogP contribution in [-0.2, 0) is 4.74 Å². The Morgan fingerprint density at radius 3 is 2.48 bits per heavy atom. The number of halogens is 3. The zero-order valence-electron chi connectivity index (χ0n) is 12.3. The quantitative estimate of drug-likeness (QED) is 0.686. The second-order valence-electron chi connectivity index (χ2n) is 4.85. The Hall–Kier alpha value is 0.271. The second-order valence-corrected chi connectivity index (χ2v) is 4.85. The molecule has 0 atom stereocenters. The van der Waals surface area contributed by atoms with Crippen LogP contribution in [0, 0.1) is 5.92 Å². The summed E-state index contributed by atoms with van der Waals surface area (Å²) in [5.41, 5.74) is -0.739. The predicted octanol–water partition coefficient (Wildman–Crippen LogP) is -0.441. The summed E-state index contributed by atoms with van der Waals surface area (Å²) in [5, 5.41) is 0. The van der Waals surface area contributed by atoms with Crippen LogP contribution in [0.2, 0.25) is 0 Å². The SMILES string of the molecule is COc1ccc(OCC2CCOCC2)c([B-](F)(F)F)c1.[K+]. The molecule has 1 heterocycles. The maximum Gasteiger partial charge on any atom is 1.00 e. The van der Waals surface area contributed by atoms with E-state index in [1.807, 2.05) is 0 Å². The van der Waals surface area contributed by atoms with E-state index in [9.17, 15) is 12.9 Å². The first-order valence-corrected chi connectivity index (χ1v) is 6.59. The Morgan fingerprint density at radius 1 is 1.24 bits per heavy atom. The standard InChI is InChI=1S/C13H17BF3O3.K/c1-18-11-2-3-13(12(8-11)14(15,16)17)20-9-10-4-6-19-7-5-10;/h2-3,8,10H,4-7,9H2,1H3;/q-1;+1. The maximum absolute atomic E-state index is 13.0. The van der Waals surface area contributed by atoms with Crippen molar-refractivity contribution in [3.05, 3.63) is 18.2 Å². The zero-order chi connectivity index (χ0) is 14.6. The normalized spacial score (nSPS) is 16.2. The Bertz CT molecular complexity index is 451. The molecule has 8 heteroatoms. The molecular formula is C13H17BF3KO3. The van der Waals surface area contributed by atoms with Gasteiger partial charge in [0.2, 0.25) is 0 Å². The van der Waals surface area contributed by atoms with E-state index >= 15 is 0 Å². The minimum atomic E-state index is -5.13. The number of hydrogen-bond acceptors (Lipinski definition) is 3. The summed E-state index contributed by atoms with van der Waals surface area (Å²) in [6, 6.07) is 3.78. The van der Waals surface area contributed by atoms with E-state index in [4.69, 9.17) is 14.2 Å². The van der Waals surface area contributed by atoms with E-state index < -0.39 is 12.4 Å². The molecule has 0 aromatic heterocycles. The summed E-state index contributed by atoms with van der Waals surface area (Å²) in [6.07, 6.45) is 1.64. The minimum absolute atomic E-state index is 0. The Kier molecular flexibility index (Phi) is 8.08. The van der Waals surface area contributed by atoms with Crippen LogP contribution >= 0.6 is 0 Å². The molecule has 2 rings (SSSR count). The average Bonchev–Trinajstić information content (AvgIpc) is 2.45. The van der Waals surface area contributed by atoms with Crippen molar-refractivity contribution < 1.29 is 78.5 Å². The van der Waals surface area contributed by atoms with Crippen molar-refractivity contribution in [1.29, 1.82) is 0 Å². The van der Waals surface area contributed by atoms with Gasteiger partial charge in [0.15, 0.2) is 0 Å². The molecule has 3 nitrogen and oxygen atoms in total. The second kappa shape index (κ2) is 8.79. The molecule has 0 amide bonds. The summed E-state index contributed by atoms with van der Waals surface area (Å²) >= 11 is 0. The number of methoxy groups -OCH3 is 1. The predicted molar refractivity (Wildman–Crippen MR) is 70.7 cm³/mol. The molecule has 1 aliphatic heterocycles. The van der Waals surface area contributed by atoms with Gasteiger partial charge < -0.3 is 27.2 Å². The molecule has 0 spiro atoms. The van der Waals surface area contributed by atoms with Gasteiger partial charge in [0.25, 0.3) is 0 Å². The smallest absolute Gasteiger partial charge is 0.497 e. The summed E-state index contributed by atoms with van der Waals surface area (Å²) < 4.78 is 54.5. The third-order valence-corrected chi connectivity index (χ3v) is 3.39. The first kappa shape index (κ1) is 19.3. The molecule has 1 fully saturated rings. The van der Waals surface area contributed by atoms with Crippen molar-refractivity contribution in [2.75, 3.05) is 26.9 Å². The number of hydrogen-bond donors (Lipinski definition) is 0. The van der Waals surface area contributed by atoms with Crippen LogP contribution in [0.1, 0.15) is 12.8 Å². The Morgan fingerprint density at radius 2 is 1.90 bits per heavy atom. The van der Waals surface area contributed by atoms with Crippen molar-refractivity contribution in [1.82, 2.24) is 0 Å². The summed E-state index contributed by atoms with van der Waals surface area (Å²) in [7, 11) is 1.34. The van der Waals surface area contributed by atoms with Crippen molar-refractivity contribution in [3.63, 3.8) is 0 Å². The molecule has 1 saturated heterocycles. The van der Waals surface area contributed by atoms with Crippen molar-refractivity contribution >= 4 is 12.4 Å². The van der Waals surface area contributed by atoms with Crippen LogP contribution in [0.3, 0.4) is 0 Å². The van der Waals surface area contributed by atoms with E-state index in [0.717, 1.165) is 18.9 Å². The van der Waals surface area contributed by atoms with Gasteiger partial charge in [-0.2, -0.15) is 0 Å². The van der Waals surface area contributed by atoms with Crippen LogP contribution in [-0.4, -0.2) is 33.9 Å². The molecule has 1 aromatic carbocycles. The average molecular weight is 328 g/mol. The summed E-state index contributed by atoms with van der Waals surface area (Å²) in [5.74, 6) is 0.307. The van der Waals surface area contributed by atoms with Gasteiger partial charge in [-0.25, -0.2) is 0 Å². The van der Waals surface area contributed by atoms with Crippen molar-refractivity contribution in [2.24, 2.45) is 5.92 Å². The van der Waals surface area contributed by atoms with E-state index in [1.54, 1.807) is 0 Å². The topological polar surface area (TPSA) is 27.7 Å². The molecule has 0 radical (unpaired) electrons. The number of benzene rings is 1. The monoisotopic (exact) mass is 328 g/mol. The molecular weight excluding hydrogens is 311 g/mol. The molecule has 0 N–H and O–H groups in total. The van der Waals surface area contributed by atoms with E-state index in [1.165, 1.54) is 19.2 Å². The van der Waals surface area contributed by atoms with E-state index in [0.29, 0.717) is 13.2 Å². The molecule has 21 heavy (non-hydrogen) atoms. The first-order chi connectivity index (χ1) is 9.50. The van der Waals surface area contributed by atoms with Gasteiger partial charge in [-0.05, 0) is 37.0 Å². The van der Waals surface area contributed by atoms with E-state index in [-0.39, 0.29) is 75.4 Å². The van der Waals surface area contributed by atoms with Crippen LogP contribution in [0.4, 0.5) is 12.9 Å². The molecule has 0 unspecified atom stereocenters. The third kappa shape index (κ3) is 5.76. The van der Waals surface area contributed by atoms with Crippen LogP contribution < -0.4 is 66.3 Å². The largest absolute Gasteiger partial charge is 1.00 e. The molecule has 0 bridgehead atoms. The van der Waals surface area contributed by atoms with Gasteiger partial charge in [0, 0.05) is 13.2 Å². The van der Waals surface area contributed by atoms with Gasteiger partial charge in [-0.3, -0.25) is 0 Å². The summed E-state index contributed by atoms with van der Waals surface area (Å²) in [4.78, 5) is 0. The molecule has 1 aliphatic rings. The van der Waals surface area contributed by atoms with Gasteiger partial charge in [-0.1, -0.05) is 5.46 Å². The Labute approximate surface area is 165 Å². The fourth-order valence-electron chi connectivity index (χ4n) is 2.16. The van der Waals surface area contributed by atoms with Crippen molar-refractivity contribution in [3.8, 4) is 11.5 Å². The number of rotatable bonds is 5. The zero-order valence-corrected chi connectivity index (χ0v) is 15.4. The maximum atomic E-state index is 13.0. The first-order valence-electron chi connectivity index (χ1n) is 6.59. The summed E-state index contributed by atoms with van der Waals surface area (Å²) in [6.45, 7) is -3.55. The Balaban J connectivity index is 0.00000220. The van der Waals surface area contributed by atoms with Gasteiger partial charge >= 0.3 is 58.4 Å². The number of ether oxygens (including phenoxy) is 3. The molecule has 0 aliphatic carbocycles. The molecule has 112 valence electrons. The van der Waals surface area contributed by atoms with Gasteiger partial charge in [-0.15, -0.1) is 0 Å².